The number of amides is 3. The zero-order valence-electron chi connectivity index (χ0n) is 14.0. The van der Waals surface area contributed by atoms with Gasteiger partial charge in [-0.05, 0) is 43.2 Å². The van der Waals surface area contributed by atoms with Crippen LogP contribution in [-0.4, -0.2) is 30.4 Å². The van der Waals surface area contributed by atoms with Gasteiger partial charge >= 0.3 is 0 Å². The monoisotopic (exact) mass is 353 g/mol. The number of para-hydroxylation sites is 1. The van der Waals surface area contributed by atoms with Gasteiger partial charge in [0.2, 0.25) is 0 Å². The molecule has 0 radical (unpaired) electrons. The van der Waals surface area contributed by atoms with Gasteiger partial charge in [0.15, 0.2) is 0 Å². The van der Waals surface area contributed by atoms with Gasteiger partial charge in [-0.3, -0.25) is 14.4 Å². The smallest absolute Gasteiger partial charge is 0.255 e. The van der Waals surface area contributed by atoms with E-state index in [0.717, 1.165) is 6.42 Å². The summed E-state index contributed by atoms with van der Waals surface area (Å²) >= 11 is 0. The fraction of sp³-hybridized carbons (Fsp3) is 0.211. The van der Waals surface area contributed by atoms with Crippen molar-refractivity contribution in [2.45, 2.75) is 18.9 Å². The maximum absolute atomic E-state index is 12.5. The summed E-state index contributed by atoms with van der Waals surface area (Å²) < 4.78 is 5.34. The van der Waals surface area contributed by atoms with Gasteiger partial charge in [-0.15, -0.1) is 0 Å². The van der Waals surface area contributed by atoms with Crippen LogP contribution in [0.1, 0.15) is 33.6 Å². The molecule has 1 aliphatic heterocycles. The Labute approximate surface area is 150 Å². The van der Waals surface area contributed by atoms with Gasteiger partial charge in [0.25, 0.3) is 17.7 Å². The first-order chi connectivity index (χ1) is 12.5. The molecule has 7 heteroatoms. The van der Waals surface area contributed by atoms with Gasteiger partial charge in [0, 0.05) is 17.9 Å². The van der Waals surface area contributed by atoms with Crippen LogP contribution in [0.4, 0.5) is 11.4 Å². The highest BCUT2D eigenvalue weighted by Crippen LogP contribution is 2.19. The van der Waals surface area contributed by atoms with Crippen molar-refractivity contribution >= 4 is 29.1 Å². The number of rotatable bonds is 5. The Bertz CT molecular complexity index is 844. The van der Waals surface area contributed by atoms with Crippen molar-refractivity contribution in [3.63, 3.8) is 0 Å². The van der Waals surface area contributed by atoms with Crippen LogP contribution >= 0.6 is 0 Å². The van der Waals surface area contributed by atoms with Crippen LogP contribution in [-0.2, 0) is 9.53 Å². The standard InChI is InChI=1S/C19H19N3O4/c20-17(23)14-7-1-2-8-15(14)22-18(24)12-5-3-6-13(11-12)21-19(25)16-9-4-10-26-16/h1-3,5-8,11,16H,4,9-10H2,(H2,20,23)(H,21,25)(H,22,24)/t16-/m1/s1. The average Bonchev–Trinajstić information content (AvgIpc) is 3.17. The highest BCUT2D eigenvalue weighted by Gasteiger charge is 2.23. The molecule has 0 spiro atoms. The number of hydrogen-bond acceptors (Lipinski definition) is 4. The van der Waals surface area contributed by atoms with Crippen LogP contribution < -0.4 is 16.4 Å². The largest absolute Gasteiger partial charge is 0.368 e. The highest BCUT2D eigenvalue weighted by atomic mass is 16.5. The lowest BCUT2D eigenvalue weighted by molar-refractivity contribution is -0.124. The van der Waals surface area contributed by atoms with Crippen LogP contribution in [0.3, 0.4) is 0 Å². The predicted molar refractivity (Wildman–Crippen MR) is 97.0 cm³/mol. The van der Waals surface area contributed by atoms with E-state index in [2.05, 4.69) is 10.6 Å². The van der Waals surface area contributed by atoms with E-state index in [0.29, 0.717) is 30.0 Å². The Hall–Kier alpha value is -3.19. The van der Waals surface area contributed by atoms with Crippen LogP contribution in [0.15, 0.2) is 48.5 Å². The average molecular weight is 353 g/mol. The summed E-state index contributed by atoms with van der Waals surface area (Å²) in [5, 5.41) is 5.42. The summed E-state index contributed by atoms with van der Waals surface area (Å²) in [6.07, 6.45) is 1.10. The second kappa shape index (κ2) is 7.79. The first-order valence-corrected chi connectivity index (χ1v) is 8.27. The second-order valence-electron chi connectivity index (χ2n) is 5.94. The van der Waals surface area contributed by atoms with Gasteiger partial charge in [-0.2, -0.15) is 0 Å². The number of nitrogens with two attached hydrogens (primary N) is 1. The summed E-state index contributed by atoms with van der Waals surface area (Å²) in [6.45, 7) is 0.583. The van der Waals surface area contributed by atoms with E-state index in [1.165, 1.54) is 6.07 Å². The van der Waals surface area contributed by atoms with E-state index in [9.17, 15) is 14.4 Å². The Balaban J connectivity index is 1.72. The molecule has 1 atom stereocenters. The molecular weight excluding hydrogens is 334 g/mol. The van der Waals surface area contributed by atoms with Gasteiger partial charge < -0.3 is 21.1 Å². The van der Waals surface area contributed by atoms with Crippen molar-refractivity contribution in [3.05, 3.63) is 59.7 Å². The maximum atomic E-state index is 12.5. The summed E-state index contributed by atoms with van der Waals surface area (Å²) in [6, 6.07) is 13.0. The van der Waals surface area contributed by atoms with Crippen LogP contribution in [0.2, 0.25) is 0 Å². The van der Waals surface area contributed by atoms with Gasteiger partial charge in [-0.1, -0.05) is 18.2 Å². The zero-order chi connectivity index (χ0) is 18.5. The number of primary amides is 1. The van der Waals surface area contributed by atoms with Crippen LogP contribution in [0.25, 0.3) is 0 Å². The van der Waals surface area contributed by atoms with E-state index in [1.807, 2.05) is 0 Å². The molecule has 0 unspecified atom stereocenters. The van der Waals surface area contributed by atoms with Crippen LogP contribution in [0, 0.1) is 0 Å². The van der Waals surface area contributed by atoms with E-state index >= 15 is 0 Å². The summed E-state index contributed by atoms with van der Waals surface area (Å²) in [4.78, 5) is 36.1. The number of carbonyl (C=O) groups excluding carboxylic acids is 3. The number of benzene rings is 2. The highest BCUT2D eigenvalue weighted by molar-refractivity contribution is 6.09. The minimum atomic E-state index is -0.626. The molecule has 1 heterocycles. The molecule has 1 aliphatic rings. The third-order valence-electron chi connectivity index (χ3n) is 4.06. The number of anilines is 2. The van der Waals surface area contributed by atoms with Gasteiger partial charge in [-0.25, -0.2) is 0 Å². The predicted octanol–water partition coefficient (Wildman–Crippen LogP) is 2.16. The van der Waals surface area contributed by atoms with Gasteiger partial charge in [0.05, 0.1) is 11.3 Å². The van der Waals surface area contributed by atoms with Crippen molar-refractivity contribution in [1.82, 2.24) is 0 Å². The normalized spacial score (nSPS) is 16.1. The Morgan fingerprint density at radius 3 is 2.58 bits per heavy atom. The Kier molecular flexibility index (Phi) is 5.28. The van der Waals surface area contributed by atoms with Crippen LogP contribution in [0.5, 0.6) is 0 Å². The Morgan fingerprint density at radius 2 is 1.85 bits per heavy atom. The van der Waals surface area contributed by atoms with E-state index in [4.69, 9.17) is 10.5 Å². The van der Waals surface area contributed by atoms with E-state index in [-0.39, 0.29) is 11.5 Å². The van der Waals surface area contributed by atoms with Crippen molar-refractivity contribution < 1.29 is 19.1 Å². The molecule has 7 nitrogen and oxygen atoms in total. The van der Waals surface area contributed by atoms with Crippen molar-refractivity contribution in [1.29, 1.82) is 0 Å². The second-order valence-corrected chi connectivity index (χ2v) is 5.94. The fourth-order valence-electron chi connectivity index (χ4n) is 2.75. The van der Waals surface area contributed by atoms with E-state index in [1.54, 1.807) is 42.5 Å². The molecule has 3 amide bonds. The molecule has 2 aromatic carbocycles. The molecule has 1 saturated heterocycles. The number of nitrogens with one attached hydrogen (secondary N) is 2. The zero-order valence-corrected chi connectivity index (χ0v) is 14.0. The fourth-order valence-corrected chi connectivity index (χ4v) is 2.75. The minimum Gasteiger partial charge on any atom is -0.368 e. The SMILES string of the molecule is NC(=O)c1ccccc1NC(=O)c1cccc(NC(=O)[C@H]2CCCO2)c1. The third-order valence-corrected chi connectivity index (χ3v) is 4.06. The summed E-state index contributed by atoms with van der Waals surface area (Å²) in [5.74, 6) is -1.26. The van der Waals surface area contributed by atoms with Crippen molar-refractivity contribution in [3.8, 4) is 0 Å². The lowest BCUT2D eigenvalue weighted by Crippen LogP contribution is -2.27. The molecule has 4 N–H and O–H groups in total. The molecule has 0 aliphatic carbocycles. The lowest BCUT2D eigenvalue weighted by atomic mass is 10.1. The van der Waals surface area contributed by atoms with E-state index < -0.39 is 17.9 Å². The molecule has 2 aromatic rings. The third kappa shape index (κ3) is 4.07. The first kappa shape index (κ1) is 17.6. The first-order valence-electron chi connectivity index (χ1n) is 8.27. The quantitative estimate of drug-likeness (QED) is 0.765. The maximum Gasteiger partial charge on any atom is 0.255 e. The van der Waals surface area contributed by atoms with Crippen molar-refractivity contribution in [2.75, 3.05) is 17.2 Å². The molecule has 134 valence electrons. The Morgan fingerprint density at radius 1 is 1.04 bits per heavy atom. The lowest BCUT2D eigenvalue weighted by Gasteiger charge is -2.12. The molecule has 0 saturated carbocycles. The minimum absolute atomic E-state index is 0.223. The van der Waals surface area contributed by atoms with Crippen molar-refractivity contribution in [2.24, 2.45) is 5.73 Å². The summed E-state index contributed by atoms with van der Waals surface area (Å²) in [7, 11) is 0. The summed E-state index contributed by atoms with van der Waals surface area (Å²) in [5.41, 5.74) is 6.72. The molecule has 26 heavy (non-hydrogen) atoms. The molecule has 3 rings (SSSR count). The van der Waals surface area contributed by atoms with Gasteiger partial charge in [0.1, 0.15) is 6.10 Å². The number of hydrogen-bond donors (Lipinski definition) is 3. The molecular formula is C19H19N3O4. The molecule has 1 fully saturated rings. The number of ether oxygens (including phenoxy) is 1. The molecule has 0 bridgehead atoms. The topological polar surface area (TPSA) is 111 Å². The number of carbonyl (C=O) groups is 3. The molecule has 0 aromatic heterocycles.